The van der Waals surface area contributed by atoms with Gasteiger partial charge in [0.05, 0.1) is 11.4 Å². The van der Waals surface area contributed by atoms with Gasteiger partial charge in [0, 0.05) is 11.8 Å². The Labute approximate surface area is 173 Å². The molecule has 4 nitrogen and oxygen atoms in total. The van der Waals surface area contributed by atoms with E-state index in [9.17, 15) is 0 Å². The maximum atomic E-state index is 5.74. The van der Waals surface area contributed by atoms with Crippen LogP contribution in [0.25, 0.3) is 11.3 Å². The van der Waals surface area contributed by atoms with E-state index < -0.39 is 0 Å². The molecule has 0 saturated carbocycles. The number of ether oxygens (including phenoxy) is 1. The van der Waals surface area contributed by atoms with E-state index in [0.29, 0.717) is 13.2 Å². The average molecular weight is 388 g/mol. The smallest absolute Gasteiger partial charge is 0.151 e. The van der Waals surface area contributed by atoms with Gasteiger partial charge in [-0.15, -0.1) is 0 Å². The highest BCUT2D eigenvalue weighted by molar-refractivity contribution is 6.00. The third kappa shape index (κ3) is 6.18. The summed E-state index contributed by atoms with van der Waals surface area (Å²) in [6, 6.07) is 23.1. The Morgan fingerprint density at radius 2 is 1.90 bits per heavy atom. The maximum Gasteiger partial charge on any atom is 0.151 e. The predicted octanol–water partition coefficient (Wildman–Crippen LogP) is 5.85. The predicted molar refractivity (Wildman–Crippen MR) is 117 cm³/mol. The Bertz CT molecular complexity index is 906. The van der Waals surface area contributed by atoms with Gasteiger partial charge >= 0.3 is 0 Å². The van der Waals surface area contributed by atoms with Crippen molar-refractivity contribution in [2.75, 3.05) is 13.2 Å². The van der Waals surface area contributed by atoms with Crippen LogP contribution in [0, 0.1) is 13.0 Å². The molecule has 0 aliphatic carbocycles. The molecule has 0 aliphatic rings. The fourth-order valence-corrected chi connectivity index (χ4v) is 2.93. The number of benzene rings is 2. The number of pyridine rings is 1. The number of rotatable bonds is 10. The lowest BCUT2D eigenvalue weighted by atomic mass is 10.0. The van der Waals surface area contributed by atoms with Gasteiger partial charge in [-0.05, 0) is 55.2 Å². The zero-order valence-corrected chi connectivity index (χ0v) is 17.1. The Hall–Kier alpha value is -3.14. The second kappa shape index (κ2) is 11.0. The van der Waals surface area contributed by atoms with Crippen LogP contribution in [-0.2, 0) is 4.84 Å². The molecule has 0 fully saturated rings. The van der Waals surface area contributed by atoms with Crippen molar-refractivity contribution in [2.24, 2.45) is 5.16 Å². The Morgan fingerprint density at radius 3 is 2.62 bits per heavy atom. The van der Waals surface area contributed by atoms with Gasteiger partial charge in [0.2, 0.25) is 0 Å². The molecule has 2 aromatic carbocycles. The molecule has 0 saturated heterocycles. The third-order valence-corrected chi connectivity index (χ3v) is 4.57. The molecule has 149 valence electrons. The van der Waals surface area contributed by atoms with Crippen LogP contribution in [0.1, 0.15) is 37.3 Å². The largest absolute Gasteiger partial charge is 0.490 e. The first-order valence-corrected chi connectivity index (χ1v) is 10.1. The molecule has 0 amide bonds. The number of aromatic nitrogens is 1. The van der Waals surface area contributed by atoms with E-state index in [2.05, 4.69) is 47.4 Å². The molecule has 4 heteroatoms. The van der Waals surface area contributed by atoms with E-state index in [4.69, 9.17) is 9.57 Å². The zero-order valence-electron chi connectivity index (χ0n) is 17.1. The molecule has 3 aromatic rings. The van der Waals surface area contributed by atoms with Gasteiger partial charge in [0.15, 0.2) is 6.61 Å². The van der Waals surface area contributed by atoms with Gasteiger partial charge in [-0.2, -0.15) is 0 Å². The molecule has 0 spiro atoms. The molecule has 0 bridgehead atoms. The quantitative estimate of drug-likeness (QED) is 0.249. The van der Waals surface area contributed by atoms with Crippen molar-refractivity contribution in [1.82, 2.24) is 4.98 Å². The van der Waals surface area contributed by atoms with Crippen LogP contribution in [0.2, 0.25) is 0 Å². The first-order valence-electron chi connectivity index (χ1n) is 10.1. The summed E-state index contributed by atoms with van der Waals surface area (Å²) in [7, 11) is 0. The fraction of sp³-hybridized carbons (Fsp3) is 0.280. The second-order valence-corrected chi connectivity index (χ2v) is 6.77. The van der Waals surface area contributed by atoms with Crippen molar-refractivity contribution in [3.63, 3.8) is 0 Å². The lowest BCUT2D eigenvalue weighted by molar-refractivity contribution is 0.106. The topological polar surface area (TPSA) is 43.7 Å². The highest BCUT2D eigenvalue weighted by atomic mass is 16.6. The summed E-state index contributed by atoms with van der Waals surface area (Å²) in [4.78, 5) is 9.97. The second-order valence-electron chi connectivity index (χ2n) is 6.77. The Kier molecular flexibility index (Phi) is 7.81. The third-order valence-electron chi connectivity index (χ3n) is 4.57. The summed E-state index contributed by atoms with van der Waals surface area (Å²) in [5, 5.41) is 4.40. The van der Waals surface area contributed by atoms with Crippen LogP contribution in [0.4, 0.5) is 0 Å². The molecule has 1 heterocycles. The van der Waals surface area contributed by atoms with E-state index in [1.54, 1.807) is 0 Å². The summed E-state index contributed by atoms with van der Waals surface area (Å²) >= 11 is 0. The number of nitrogens with zero attached hydrogens (tertiary/aromatic N) is 2. The van der Waals surface area contributed by atoms with Gasteiger partial charge in [-0.1, -0.05) is 61.0 Å². The molecular weight excluding hydrogens is 360 g/mol. The number of aryl methyl sites for hydroxylation is 1. The Morgan fingerprint density at radius 1 is 1.03 bits per heavy atom. The minimum Gasteiger partial charge on any atom is -0.490 e. The lowest BCUT2D eigenvalue weighted by Crippen LogP contribution is -2.08. The van der Waals surface area contributed by atoms with Gasteiger partial charge in [0.25, 0.3) is 0 Å². The van der Waals surface area contributed by atoms with Crippen LogP contribution in [0.5, 0.6) is 5.75 Å². The van der Waals surface area contributed by atoms with E-state index in [-0.39, 0.29) is 0 Å². The van der Waals surface area contributed by atoms with Gasteiger partial charge in [0.1, 0.15) is 12.4 Å². The van der Waals surface area contributed by atoms with Crippen molar-refractivity contribution in [2.45, 2.75) is 33.1 Å². The Balaban J connectivity index is 1.60. The van der Waals surface area contributed by atoms with Crippen molar-refractivity contribution >= 4 is 5.71 Å². The highest BCUT2D eigenvalue weighted by Gasteiger charge is 2.06. The summed E-state index contributed by atoms with van der Waals surface area (Å²) in [6.45, 7) is 5.00. The molecule has 1 radical (unpaired) electrons. The fourth-order valence-electron chi connectivity index (χ4n) is 2.93. The molecule has 0 aliphatic heterocycles. The van der Waals surface area contributed by atoms with E-state index >= 15 is 0 Å². The van der Waals surface area contributed by atoms with E-state index in [1.165, 1.54) is 0 Å². The SMILES string of the molecule is CCCCC(=NOCCOc1ccc[c]c1C)c1ccc(-c2ccccn2)cc1. The average Bonchev–Trinajstić information content (AvgIpc) is 2.77. The molecule has 0 atom stereocenters. The number of unbranched alkanes of at least 4 members (excludes halogenated alkanes) is 1. The molecule has 1 aromatic heterocycles. The summed E-state index contributed by atoms with van der Waals surface area (Å²) in [5.41, 5.74) is 5.09. The van der Waals surface area contributed by atoms with Crippen LogP contribution >= 0.6 is 0 Å². The molecule has 0 unspecified atom stereocenters. The summed E-state index contributed by atoms with van der Waals surface area (Å²) in [5.74, 6) is 0.830. The molecule has 3 rings (SSSR count). The number of oxime groups is 1. The van der Waals surface area contributed by atoms with Crippen molar-refractivity contribution in [1.29, 1.82) is 0 Å². The van der Waals surface area contributed by atoms with Crippen molar-refractivity contribution in [3.8, 4) is 17.0 Å². The standard InChI is InChI=1S/C25H27N2O2/c1-3-4-10-24(27-29-19-18-28-25-12-6-5-9-20(25)2)22-15-13-21(14-16-22)23-11-7-8-17-26-23/h5-8,11-17H,3-4,10,18-19H2,1-2H3. The monoisotopic (exact) mass is 387 g/mol. The number of hydrogen-bond donors (Lipinski definition) is 0. The van der Waals surface area contributed by atoms with Crippen LogP contribution in [0.15, 0.2) is 72.0 Å². The van der Waals surface area contributed by atoms with Crippen molar-refractivity contribution < 1.29 is 9.57 Å². The van der Waals surface area contributed by atoms with Gasteiger partial charge < -0.3 is 9.57 Å². The minimum absolute atomic E-state index is 0.399. The molecular formula is C25H27N2O2. The van der Waals surface area contributed by atoms with E-state index in [0.717, 1.165) is 53.1 Å². The zero-order chi connectivity index (χ0) is 20.3. The molecule has 29 heavy (non-hydrogen) atoms. The summed E-state index contributed by atoms with van der Waals surface area (Å²) < 4.78 is 5.74. The van der Waals surface area contributed by atoms with Gasteiger partial charge in [-0.25, -0.2) is 0 Å². The lowest BCUT2D eigenvalue weighted by Gasteiger charge is -2.10. The van der Waals surface area contributed by atoms with Crippen LogP contribution in [0.3, 0.4) is 0 Å². The van der Waals surface area contributed by atoms with Crippen LogP contribution in [-0.4, -0.2) is 23.9 Å². The highest BCUT2D eigenvalue weighted by Crippen LogP contribution is 2.19. The van der Waals surface area contributed by atoms with Crippen LogP contribution < -0.4 is 4.74 Å². The normalized spacial score (nSPS) is 11.3. The van der Waals surface area contributed by atoms with Crippen molar-refractivity contribution in [3.05, 3.63) is 84.1 Å². The summed E-state index contributed by atoms with van der Waals surface area (Å²) in [6.07, 6.45) is 4.87. The molecule has 0 N–H and O–H groups in total. The maximum absolute atomic E-state index is 5.74. The minimum atomic E-state index is 0.399. The first-order chi connectivity index (χ1) is 14.3. The van der Waals surface area contributed by atoms with Gasteiger partial charge in [-0.3, -0.25) is 4.98 Å². The number of hydrogen-bond acceptors (Lipinski definition) is 4. The first kappa shape index (κ1) is 20.6. The van der Waals surface area contributed by atoms with E-state index in [1.807, 2.05) is 49.5 Å².